The molecule has 12 heteroatoms. The molecule has 1 aliphatic rings. The van der Waals surface area contributed by atoms with Crippen molar-refractivity contribution in [3.63, 3.8) is 0 Å². The lowest BCUT2D eigenvalue weighted by molar-refractivity contribution is -0.146. The van der Waals surface area contributed by atoms with Crippen molar-refractivity contribution in [3.8, 4) is 0 Å². The Balaban J connectivity index is 1.57. The molecule has 0 bridgehead atoms. The second-order valence-electron chi connectivity index (χ2n) is 10.3. The van der Waals surface area contributed by atoms with Gasteiger partial charge in [-0.1, -0.05) is 30.3 Å². The summed E-state index contributed by atoms with van der Waals surface area (Å²) in [6.07, 6.45) is 2.37. The number of carbonyl (C=O) groups is 4. The molecule has 10 nitrogen and oxygen atoms in total. The zero-order valence-electron chi connectivity index (χ0n) is 23.6. The standard InChI is InChI=1S/C31H34F2N6O4/c32-24-8-4-22(5-9-24)12-16-37-21-30(42)39(18-13-23-6-10-25(33)11-7-23)27(19-29(37)41)31(43)38(20-28(40)36-34)17-14-26-3-1-2-15-35-26/h1-11,15,27H,12-14,16-21,34H2,(H,36,40). The van der Waals surface area contributed by atoms with Crippen molar-refractivity contribution in [3.05, 3.63) is 101 Å². The Morgan fingerprint density at radius 3 is 2.09 bits per heavy atom. The monoisotopic (exact) mass is 592 g/mol. The van der Waals surface area contributed by atoms with E-state index < -0.39 is 35.5 Å². The van der Waals surface area contributed by atoms with Gasteiger partial charge in [-0.25, -0.2) is 14.6 Å². The largest absolute Gasteiger partial charge is 0.333 e. The Bertz CT molecular complexity index is 1410. The lowest BCUT2D eigenvalue weighted by atomic mass is 10.1. The Morgan fingerprint density at radius 1 is 0.884 bits per heavy atom. The molecular formula is C31H34F2N6O4. The van der Waals surface area contributed by atoms with Gasteiger partial charge >= 0.3 is 0 Å². The van der Waals surface area contributed by atoms with E-state index in [0.29, 0.717) is 25.0 Å². The van der Waals surface area contributed by atoms with Crippen LogP contribution < -0.4 is 11.3 Å². The summed E-state index contributed by atoms with van der Waals surface area (Å²) < 4.78 is 26.8. The summed E-state index contributed by atoms with van der Waals surface area (Å²) in [7, 11) is 0. The number of nitrogens with one attached hydrogen (secondary N) is 1. The number of benzene rings is 2. The van der Waals surface area contributed by atoms with E-state index >= 15 is 0 Å². The number of hydrogen-bond donors (Lipinski definition) is 2. The number of rotatable bonds is 12. The summed E-state index contributed by atoms with van der Waals surface area (Å²) in [6, 6.07) is 15.9. The fraction of sp³-hybridized carbons (Fsp3) is 0.323. The van der Waals surface area contributed by atoms with Gasteiger partial charge in [0.05, 0.1) is 13.0 Å². The molecule has 1 atom stereocenters. The molecule has 2 heterocycles. The van der Waals surface area contributed by atoms with E-state index in [0.717, 1.165) is 11.1 Å². The van der Waals surface area contributed by atoms with Gasteiger partial charge in [0, 0.05) is 37.9 Å². The Hall–Kier alpha value is -4.71. The highest BCUT2D eigenvalue weighted by atomic mass is 19.1. The minimum absolute atomic E-state index is 0.0944. The highest BCUT2D eigenvalue weighted by molar-refractivity contribution is 5.97. The molecule has 0 aliphatic carbocycles. The van der Waals surface area contributed by atoms with Crippen molar-refractivity contribution in [2.75, 3.05) is 32.7 Å². The van der Waals surface area contributed by atoms with E-state index in [9.17, 15) is 28.0 Å². The molecule has 43 heavy (non-hydrogen) atoms. The Kier molecular flexibility index (Phi) is 10.9. The summed E-state index contributed by atoms with van der Waals surface area (Å²) in [5.41, 5.74) is 4.26. The number of nitrogens with two attached hydrogens (primary N) is 1. The number of hydrogen-bond acceptors (Lipinski definition) is 6. The van der Waals surface area contributed by atoms with Crippen molar-refractivity contribution in [2.45, 2.75) is 31.7 Å². The molecule has 0 radical (unpaired) electrons. The van der Waals surface area contributed by atoms with Crippen LogP contribution in [0.5, 0.6) is 0 Å². The zero-order chi connectivity index (χ0) is 30.8. The SMILES string of the molecule is NNC(=O)CN(CCc1ccccn1)C(=O)C1CC(=O)N(CCc2ccc(F)cc2)CC(=O)N1CCc1ccc(F)cc1. The van der Waals surface area contributed by atoms with Gasteiger partial charge in [0.1, 0.15) is 24.2 Å². The van der Waals surface area contributed by atoms with Gasteiger partial charge in [0.2, 0.25) is 17.7 Å². The summed E-state index contributed by atoms with van der Waals surface area (Å²) in [5, 5.41) is 0. The third-order valence-corrected chi connectivity index (χ3v) is 7.34. The number of amides is 4. The summed E-state index contributed by atoms with van der Waals surface area (Å²) in [5.74, 6) is 2.53. The fourth-order valence-electron chi connectivity index (χ4n) is 4.93. The smallest absolute Gasteiger partial charge is 0.253 e. The zero-order valence-corrected chi connectivity index (χ0v) is 23.6. The molecule has 4 amide bonds. The van der Waals surface area contributed by atoms with Gasteiger partial charge in [-0.3, -0.25) is 29.6 Å². The minimum atomic E-state index is -1.18. The molecule has 1 saturated heterocycles. The van der Waals surface area contributed by atoms with E-state index in [2.05, 4.69) is 4.98 Å². The molecule has 1 unspecified atom stereocenters. The van der Waals surface area contributed by atoms with Crippen LogP contribution >= 0.6 is 0 Å². The topological polar surface area (TPSA) is 129 Å². The first-order valence-corrected chi connectivity index (χ1v) is 14.0. The minimum Gasteiger partial charge on any atom is -0.333 e. The first-order valence-electron chi connectivity index (χ1n) is 14.0. The molecule has 1 aliphatic heterocycles. The second-order valence-corrected chi connectivity index (χ2v) is 10.3. The Morgan fingerprint density at radius 2 is 1.51 bits per heavy atom. The lowest BCUT2D eigenvalue weighted by Gasteiger charge is -2.33. The summed E-state index contributed by atoms with van der Waals surface area (Å²) in [6.45, 7) is -0.229. The molecule has 3 aromatic rings. The van der Waals surface area contributed by atoms with Crippen LogP contribution in [-0.4, -0.2) is 82.1 Å². The van der Waals surface area contributed by atoms with Crippen LogP contribution in [-0.2, 0) is 38.4 Å². The van der Waals surface area contributed by atoms with Crippen LogP contribution in [0.15, 0.2) is 72.9 Å². The number of pyridine rings is 1. The number of hydrazine groups is 1. The van der Waals surface area contributed by atoms with Gasteiger partial charge in [-0.05, 0) is 60.4 Å². The number of halogens is 2. The van der Waals surface area contributed by atoms with Gasteiger partial charge in [0.15, 0.2) is 0 Å². The van der Waals surface area contributed by atoms with Crippen molar-refractivity contribution in [2.24, 2.45) is 5.84 Å². The molecule has 1 aromatic heterocycles. The highest BCUT2D eigenvalue weighted by Gasteiger charge is 2.39. The van der Waals surface area contributed by atoms with E-state index in [1.165, 1.54) is 39.0 Å². The number of nitrogens with zero attached hydrogens (tertiary/aromatic N) is 4. The first kappa shape index (κ1) is 31.2. The first-order chi connectivity index (χ1) is 20.7. The predicted octanol–water partition coefficient (Wildman–Crippen LogP) is 1.64. The van der Waals surface area contributed by atoms with E-state index in [1.54, 1.807) is 48.7 Å². The van der Waals surface area contributed by atoms with Crippen LogP contribution in [0.3, 0.4) is 0 Å². The third-order valence-electron chi connectivity index (χ3n) is 7.34. The normalized spacial score (nSPS) is 15.3. The fourth-order valence-corrected chi connectivity index (χ4v) is 4.93. The van der Waals surface area contributed by atoms with Crippen LogP contribution in [0, 0.1) is 11.6 Å². The maximum absolute atomic E-state index is 14.0. The summed E-state index contributed by atoms with van der Waals surface area (Å²) in [4.78, 5) is 61.7. The number of aromatic nitrogens is 1. The average molecular weight is 593 g/mol. The van der Waals surface area contributed by atoms with Gasteiger partial charge in [-0.2, -0.15) is 0 Å². The van der Waals surface area contributed by atoms with Crippen molar-refractivity contribution in [1.29, 1.82) is 0 Å². The van der Waals surface area contributed by atoms with Crippen molar-refractivity contribution < 1.29 is 28.0 Å². The van der Waals surface area contributed by atoms with Crippen molar-refractivity contribution >= 4 is 23.6 Å². The van der Waals surface area contributed by atoms with E-state index in [4.69, 9.17) is 5.84 Å². The third kappa shape index (κ3) is 8.89. The van der Waals surface area contributed by atoms with Crippen LogP contribution in [0.2, 0.25) is 0 Å². The van der Waals surface area contributed by atoms with Gasteiger partial charge in [-0.15, -0.1) is 0 Å². The van der Waals surface area contributed by atoms with Crippen LogP contribution in [0.1, 0.15) is 23.2 Å². The molecule has 0 saturated carbocycles. The van der Waals surface area contributed by atoms with Gasteiger partial charge in [0.25, 0.3) is 5.91 Å². The maximum atomic E-state index is 14.0. The van der Waals surface area contributed by atoms with Gasteiger partial charge < -0.3 is 14.7 Å². The molecular weight excluding hydrogens is 558 g/mol. The average Bonchev–Trinajstić information content (AvgIpc) is 3.13. The molecule has 1 fully saturated rings. The molecule has 3 N–H and O–H groups in total. The molecule has 2 aromatic carbocycles. The number of carbonyl (C=O) groups excluding carboxylic acids is 4. The van der Waals surface area contributed by atoms with E-state index in [1.807, 2.05) is 5.43 Å². The predicted molar refractivity (Wildman–Crippen MR) is 154 cm³/mol. The highest BCUT2D eigenvalue weighted by Crippen LogP contribution is 2.19. The lowest BCUT2D eigenvalue weighted by Crippen LogP contribution is -2.54. The second kappa shape index (κ2) is 15.0. The quantitative estimate of drug-likeness (QED) is 0.187. The molecule has 226 valence electrons. The Labute approximate surface area is 248 Å². The molecule has 0 spiro atoms. The van der Waals surface area contributed by atoms with Crippen LogP contribution in [0.4, 0.5) is 8.78 Å². The summed E-state index contributed by atoms with van der Waals surface area (Å²) >= 11 is 0. The van der Waals surface area contributed by atoms with Crippen molar-refractivity contribution in [1.82, 2.24) is 25.1 Å². The van der Waals surface area contributed by atoms with E-state index in [-0.39, 0.29) is 45.0 Å². The molecule has 4 rings (SSSR count). The van der Waals surface area contributed by atoms with Crippen LogP contribution in [0.25, 0.3) is 0 Å². The maximum Gasteiger partial charge on any atom is 0.253 e.